The lowest BCUT2D eigenvalue weighted by atomic mass is 9.78. The minimum Gasteiger partial charge on any atom is -0.490 e. The average molecular weight is 406 g/mol. The summed E-state index contributed by atoms with van der Waals surface area (Å²) in [5, 5.41) is 2.97. The fourth-order valence-corrected chi connectivity index (χ4v) is 3.73. The lowest BCUT2D eigenvalue weighted by Crippen LogP contribution is -2.48. The molecule has 2 rings (SSSR count). The topological polar surface area (TPSA) is 73.9 Å². The van der Waals surface area contributed by atoms with E-state index in [4.69, 9.17) is 14.2 Å². The van der Waals surface area contributed by atoms with E-state index in [-0.39, 0.29) is 12.0 Å². The van der Waals surface area contributed by atoms with Crippen molar-refractivity contribution in [3.63, 3.8) is 0 Å². The monoisotopic (exact) mass is 405 g/mol. The molecular weight excluding hydrogens is 370 g/mol. The van der Waals surface area contributed by atoms with Crippen LogP contribution < -0.4 is 10.1 Å². The van der Waals surface area contributed by atoms with Crippen LogP contribution in [0, 0.1) is 5.92 Å². The highest BCUT2D eigenvalue weighted by Crippen LogP contribution is 2.37. The van der Waals surface area contributed by atoms with Gasteiger partial charge in [0, 0.05) is 12.3 Å². The number of carbonyl (C=O) groups excluding carboxylic acids is 2. The molecule has 0 heterocycles. The van der Waals surface area contributed by atoms with Gasteiger partial charge in [0.05, 0.1) is 13.2 Å². The van der Waals surface area contributed by atoms with Crippen LogP contribution in [0.15, 0.2) is 18.2 Å². The number of nitrogens with one attached hydrogen (secondary N) is 1. The van der Waals surface area contributed by atoms with E-state index in [2.05, 4.69) is 12.2 Å². The van der Waals surface area contributed by atoms with E-state index in [1.54, 1.807) is 18.2 Å². The minimum absolute atomic E-state index is 0.0340. The van der Waals surface area contributed by atoms with Gasteiger partial charge in [0.2, 0.25) is 0 Å². The molecule has 0 radical (unpaired) electrons. The van der Waals surface area contributed by atoms with E-state index in [1.165, 1.54) is 7.11 Å². The Balaban J connectivity index is 2.26. The Morgan fingerprint density at radius 1 is 1.31 bits per heavy atom. The second-order valence-corrected chi connectivity index (χ2v) is 8.04. The molecule has 29 heavy (non-hydrogen) atoms. The quantitative estimate of drug-likeness (QED) is 0.588. The largest absolute Gasteiger partial charge is 0.490 e. The second-order valence-electron chi connectivity index (χ2n) is 8.04. The van der Waals surface area contributed by atoms with Crippen LogP contribution in [-0.2, 0) is 14.3 Å². The maximum atomic E-state index is 13.2. The van der Waals surface area contributed by atoms with Crippen LogP contribution in [0.3, 0.4) is 0 Å². The van der Waals surface area contributed by atoms with Gasteiger partial charge in [-0.1, -0.05) is 27.2 Å². The van der Waals surface area contributed by atoms with E-state index < -0.39 is 11.6 Å². The van der Waals surface area contributed by atoms with Gasteiger partial charge in [-0.25, -0.2) is 4.79 Å². The molecule has 1 aliphatic rings. The number of methoxy groups -OCH3 is 1. The van der Waals surface area contributed by atoms with Gasteiger partial charge in [-0.3, -0.25) is 4.79 Å². The number of hydrogen-bond acceptors (Lipinski definition) is 5. The zero-order valence-corrected chi connectivity index (χ0v) is 18.4. The van der Waals surface area contributed by atoms with Crippen molar-refractivity contribution >= 4 is 17.6 Å². The van der Waals surface area contributed by atoms with Crippen LogP contribution in [0.2, 0.25) is 0 Å². The van der Waals surface area contributed by atoms with Gasteiger partial charge in [0.25, 0.3) is 5.91 Å². The normalized spacial score (nSPS) is 22.6. The van der Waals surface area contributed by atoms with Gasteiger partial charge in [0.1, 0.15) is 16.9 Å². The molecule has 1 saturated carbocycles. The summed E-state index contributed by atoms with van der Waals surface area (Å²) in [4.78, 5) is 25.5. The van der Waals surface area contributed by atoms with Crippen molar-refractivity contribution in [1.29, 1.82) is 0 Å². The highest BCUT2D eigenvalue weighted by Gasteiger charge is 2.42. The predicted octanol–water partition coefficient (Wildman–Crippen LogP) is 4.96. The molecule has 0 aromatic heterocycles. The summed E-state index contributed by atoms with van der Waals surface area (Å²) in [6, 6.07) is 5.07. The molecule has 0 aliphatic heterocycles. The third-order valence-corrected chi connectivity index (χ3v) is 5.50. The molecule has 0 bridgehead atoms. The van der Waals surface area contributed by atoms with Crippen LogP contribution in [0.25, 0.3) is 0 Å². The number of hydrogen-bond donors (Lipinski definition) is 1. The van der Waals surface area contributed by atoms with Crippen LogP contribution in [0.1, 0.15) is 76.6 Å². The first kappa shape index (κ1) is 23.2. The first-order valence-corrected chi connectivity index (χ1v) is 10.7. The van der Waals surface area contributed by atoms with Gasteiger partial charge in [-0.15, -0.1) is 0 Å². The van der Waals surface area contributed by atoms with E-state index in [9.17, 15) is 9.59 Å². The molecule has 3 atom stereocenters. The van der Waals surface area contributed by atoms with Crippen molar-refractivity contribution in [2.24, 2.45) is 5.92 Å². The fraction of sp³-hybridized carbons (Fsp3) is 0.652. The summed E-state index contributed by atoms with van der Waals surface area (Å²) in [6.07, 6.45) is 5.13. The molecule has 0 spiro atoms. The number of esters is 1. The summed E-state index contributed by atoms with van der Waals surface area (Å²) in [7, 11) is 1.33. The molecule has 6 heteroatoms. The number of ether oxygens (including phenoxy) is 3. The van der Waals surface area contributed by atoms with Crippen LogP contribution in [0.4, 0.5) is 5.69 Å². The zero-order chi connectivity index (χ0) is 21.4. The third kappa shape index (κ3) is 5.95. The van der Waals surface area contributed by atoms with Crippen molar-refractivity contribution in [1.82, 2.24) is 0 Å². The van der Waals surface area contributed by atoms with Crippen molar-refractivity contribution in [3.8, 4) is 5.75 Å². The summed E-state index contributed by atoms with van der Waals surface area (Å²) < 4.78 is 16.8. The molecule has 1 N–H and O–H groups in total. The van der Waals surface area contributed by atoms with Crippen LogP contribution in [-0.4, -0.2) is 37.3 Å². The first-order chi connectivity index (χ1) is 13.8. The third-order valence-electron chi connectivity index (χ3n) is 5.50. The molecule has 0 unspecified atom stereocenters. The lowest BCUT2D eigenvalue weighted by molar-refractivity contribution is -0.148. The van der Waals surface area contributed by atoms with Gasteiger partial charge in [-0.05, 0) is 63.1 Å². The van der Waals surface area contributed by atoms with Crippen LogP contribution in [0.5, 0.6) is 5.75 Å². The highest BCUT2D eigenvalue weighted by molar-refractivity contribution is 5.99. The van der Waals surface area contributed by atoms with E-state index >= 15 is 0 Å². The van der Waals surface area contributed by atoms with Crippen molar-refractivity contribution in [2.45, 2.75) is 77.9 Å². The maximum absolute atomic E-state index is 13.2. The molecule has 162 valence electrons. The van der Waals surface area contributed by atoms with E-state index in [0.717, 1.165) is 25.7 Å². The van der Waals surface area contributed by atoms with Crippen molar-refractivity contribution < 1.29 is 23.8 Å². The highest BCUT2D eigenvalue weighted by atomic mass is 16.5. The van der Waals surface area contributed by atoms with Gasteiger partial charge >= 0.3 is 5.97 Å². The number of benzene rings is 1. The molecular formula is C23H35NO5. The first-order valence-electron chi connectivity index (χ1n) is 10.7. The van der Waals surface area contributed by atoms with Crippen LogP contribution >= 0.6 is 0 Å². The Kier molecular flexibility index (Phi) is 8.50. The number of anilines is 1. The molecule has 1 fully saturated rings. The number of rotatable bonds is 9. The molecule has 6 nitrogen and oxygen atoms in total. The molecule has 1 amide bonds. The smallest absolute Gasteiger partial charge is 0.341 e. The summed E-state index contributed by atoms with van der Waals surface area (Å²) in [6.45, 7) is 8.70. The summed E-state index contributed by atoms with van der Waals surface area (Å²) in [5.41, 5.74) is 0.0149. The second kappa shape index (κ2) is 10.6. The average Bonchev–Trinajstić information content (AvgIpc) is 2.72. The number of carbonyl (C=O) groups is 2. The van der Waals surface area contributed by atoms with E-state index in [0.29, 0.717) is 42.4 Å². The van der Waals surface area contributed by atoms with Gasteiger partial charge in [-0.2, -0.15) is 0 Å². The standard InChI is InChI=1S/C23H35NO5/c1-6-13-28-23(12-8-9-16(3)15-23)22(26)24-18-10-11-20(29-17(4)7-2)19(14-18)21(25)27-5/h10-11,14,16-17H,6-9,12-13,15H2,1-5H3,(H,24,26)/t16-,17-,23+/m0/s1. The fourth-order valence-electron chi connectivity index (χ4n) is 3.73. The van der Waals surface area contributed by atoms with Gasteiger partial charge in [0.15, 0.2) is 0 Å². The molecule has 1 aromatic carbocycles. The Morgan fingerprint density at radius 3 is 2.69 bits per heavy atom. The summed E-state index contributed by atoms with van der Waals surface area (Å²) >= 11 is 0. The Labute approximate surface area is 174 Å². The lowest BCUT2D eigenvalue weighted by Gasteiger charge is -2.38. The zero-order valence-electron chi connectivity index (χ0n) is 18.4. The molecule has 0 saturated heterocycles. The van der Waals surface area contributed by atoms with E-state index in [1.807, 2.05) is 20.8 Å². The van der Waals surface area contributed by atoms with Gasteiger partial charge < -0.3 is 19.5 Å². The summed E-state index contributed by atoms with van der Waals surface area (Å²) in [5.74, 6) is 0.238. The minimum atomic E-state index is -0.814. The predicted molar refractivity (Wildman–Crippen MR) is 113 cm³/mol. The van der Waals surface area contributed by atoms with Crippen molar-refractivity contribution in [3.05, 3.63) is 23.8 Å². The Morgan fingerprint density at radius 2 is 2.07 bits per heavy atom. The Bertz CT molecular complexity index is 705. The molecule has 1 aromatic rings. The Hall–Kier alpha value is -2.08. The molecule has 1 aliphatic carbocycles. The SMILES string of the molecule is CCCO[C@]1(C(=O)Nc2ccc(O[C@@H](C)CC)c(C(=O)OC)c2)CCC[C@H](C)C1. The maximum Gasteiger partial charge on any atom is 0.341 e. The van der Waals surface area contributed by atoms with Crippen molar-refractivity contribution in [2.75, 3.05) is 19.0 Å². The number of amides is 1.